The molecule has 3 rings (SSSR count). The van der Waals surface area contributed by atoms with Crippen LogP contribution >= 0.6 is 11.8 Å². The van der Waals surface area contributed by atoms with Gasteiger partial charge in [-0.05, 0) is 27.2 Å². The van der Waals surface area contributed by atoms with E-state index in [0.29, 0.717) is 5.82 Å². The van der Waals surface area contributed by atoms with Crippen LogP contribution in [0.4, 0.5) is 5.82 Å². The number of anilines is 1. The molecule has 2 aromatic heterocycles. The first kappa shape index (κ1) is 20.1. The van der Waals surface area contributed by atoms with E-state index in [1.807, 2.05) is 52.6 Å². The molecule has 2 atom stereocenters. The number of carbonyl (C=O) groups excluding carboxylic acids is 1. The molecule has 8 heteroatoms. The molecule has 7 nitrogen and oxygen atoms in total. The van der Waals surface area contributed by atoms with E-state index in [4.69, 9.17) is 0 Å². The molecule has 0 aliphatic rings. The molecule has 0 bridgehead atoms. The molecule has 3 aromatic rings. The van der Waals surface area contributed by atoms with Gasteiger partial charge in [0, 0.05) is 18.2 Å². The maximum atomic E-state index is 12.7. The van der Waals surface area contributed by atoms with Gasteiger partial charge in [-0.2, -0.15) is 5.10 Å². The van der Waals surface area contributed by atoms with Gasteiger partial charge in [0.25, 0.3) is 0 Å². The third-order valence-electron chi connectivity index (χ3n) is 4.65. The van der Waals surface area contributed by atoms with Crippen molar-refractivity contribution in [3.8, 4) is 11.4 Å². The lowest BCUT2D eigenvalue weighted by Crippen LogP contribution is -2.25. The highest BCUT2D eigenvalue weighted by Gasteiger charge is 2.21. The Morgan fingerprint density at radius 3 is 2.57 bits per heavy atom. The summed E-state index contributed by atoms with van der Waals surface area (Å²) in [4.78, 5) is 12.7. The fourth-order valence-corrected chi connectivity index (χ4v) is 3.75. The Morgan fingerprint density at radius 2 is 1.89 bits per heavy atom. The minimum absolute atomic E-state index is 0.0815. The summed E-state index contributed by atoms with van der Waals surface area (Å²) in [7, 11) is 0. The van der Waals surface area contributed by atoms with Crippen molar-refractivity contribution >= 4 is 23.5 Å². The van der Waals surface area contributed by atoms with E-state index in [9.17, 15) is 4.79 Å². The number of nitrogens with zero attached hydrogens (tertiary/aromatic N) is 5. The number of amides is 1. The Morgan fingerprint density at radius 1 is 1.14 bits per heavy atom. The SMILES string of the molecule is CC[C@H](C)n1nccc1NC(=O)[C@H](C)Sc1nnc(-c2ccccc2)n1CC. The molecule has 0 aliphatic heterocycles. The van der Waals surface area contributed by atoms with E-state index in [-0.39, 0.29) is 17.2 Å². The quantitative estimate of drug-likeness (QED) is 0.574. The first-order valence-electron chi connectivity index (χ1n) is 9.54. The Balaban J connectivity index is 1.73. The lowest BCUT2D eigenvalue weighted by atomic mass is 10.2. The molecular weight excluding hydrogens is 372 g/mol. The van der Waals surface area contributed by atoms with Gasteiger partial charge in [-0.3, -0.25) is 4.79 Å². The van der Waals surface area contributed by atoms with Gasteiger partial charge in [0.15, 0.2) is 11.0 Å². The van der Waals surface area contributed by atoms with Crippen LogP contribution in [0.3, 0.4) is 0 Å². The Hall–Kier alpha value is -2.61. The lowest BCUT2D eigenvalue weighted by molar-refractivity contribution is -0.115. The summed E-state index contributed by atoms with van der Waals surface area (Å²) in [5.41, 5.74) is 1.01. The van der Waals surface area contributed by atoms with E-state index in [0.717, 1.165) is 29.5 Å². The van der Waals surface area contributed by atoms with Gasteiger partial charge >= 0.3 is 0 Å². The van der Waals surface area contributed by atoms with Gasteiger partial charge in [-0.25, -0.2) is 4.68 Å². The lowest BCUT2D eigenvalue weighted by Gasteiger charge is -2.16. The van der Waals surface area contributed by atoms with Crippen molar-refractivity contribution < 1.29 is 4.79 Å². The van der Waals surface area contributed by atoms with Gasteiger partial charge < -0.3 is 9.88 Å². The van der Waals surface area contributed by atoms with Crippen molar-refractivity contribution in [2.75, 3.05) is 5.32 Å². The fraction of sp³-hybridized carbons (Fsp3) is 0.400. The summed E-state index contributed by atoms with van der Waals surface area (Å²) in [5.74, 6) is 1.45. The third kappa shape index (κ3) is 4.27. The molecule has 28 heavy (non-hydrogen) atoms. The Kier molecular flexibility index (Phi) is 6.51. The maximum absolute atomic E-state index is 12.7. The summed E-state index contributed by atoms with van der Waals surface area (Å²) < 4.78 is 3.88. The van der Waals surface area contributed by atoms with E-state index in [2.05, 4.69) is 41.4 Å². The van der Waals surface area contributed by atoms with Crippen LogP contribution in [-0.2, 0) is 11.3 Å². The van der Waals surface area contributed by atoms with Gasteiger partial charge in [-0.15, -0.1) is 10.2 Å². The van der Waals surface area contributed by atoms with Gasteiger partial charge in [-0.1, -0.05) is 49.0 Å². The zero-order valence-corrected chi connectivity index (χ0v) is 17.5. The predicted molar refractivity (Wildman–Crippen MR) is 112 cm³/mol. The van der Waals surface area contributed by atoms with Crippen molar-refractivity contribution in [2.24, 2.45) is 0 Å². The zero-order valence-electron chi connectivity index (χ0n) is 16.7. The van der Waals surface area contributed by atoms with Gasteiger partial charge in [0.1, 0.15) is 5.82 Å². The molecule has 0 fully saturated rings. The molecule has 0 saturated carbocycles. The number of benzene rings is 1. The van der Waals surface area contributed by atoms with Gasteiger partial charge in [0.05, 0.1) is 17.5 Å². The molecule has 0 aliphatic carbocycles. The van der Waals surface area contributed by atoms with Crippen LogP contribution in [0.2, 0.25) is 0 Å². The first-order valence-corrected chi connectivity index (χ1v) is 10.4. The molecular formula is C20H26N6OS. The number of carbonyl (C=O) groups is 1. The molecule has 0 radical (unpaired) electrons. The zero-order chi connectivity index (χ0) is 20.1. The number of hydrogen-bond donors (Lipinski definition) is 1. The molecule has 1 aromatic carbocycles. The van der Waals surface area contributed by atoms with Crippen LogP contribution in [0.15, 0.2) is 47.8 Å². The highest BCUT2D eigenvalue weighted by Crippen LogP contribution is 2.27. The summed E-state index contributed by atoms with van der Waals surface area (Å²) in [5, 5.41) is 16.4. The molecule has 0 spiro atoms. The van der Waals surface area contributed by atoms with Crippen LogP contribution in [0, 0.1) is 0 Å². The highest BCUT2D eigenvalue weighted by atomic mass is 32.2. The number of hydrogen-bond acceptors (Lipinski definition) is 5. The van der Waals surface area contributed by atoms with Crippen LogP contribution in [0.5, 0.6) is 0 Å². The summed E-state index contributed by atoms with van der Waals surface area (Å²) in [6, 6.07) is 12.0. The van der Waals surface area contributed by atoms with Crippen molar-refractivity contribution in [1.82, 2.24) is 24.5 Å². The highest BCUT2D eigenvalue weighted by molar-refractivity contribution is 8.00. The third-order valence-corrected chi connectivity index (χ3v) is 5.73. The van der Waals surface area contributed by atoms with Crippen molar-refractivity contribution in [3.63, 3.8) is 0 Å². The van der Waals surface area contributed by atoms with Crippen LogP contribution in [0.25, 0.3) is 11.4 Å². The second-order valence-electron chi connectivity index (χ2n) is 6.58. The van der Waals surface area contributed by atoms with Crippen LogP contribution < -0.4 is 5.32 Å². The first-order chi connectivity index (χ1) is 13.5. The van der Waals surface area contributed by atoms with Gasteiger partial charge in [0.2, 0.25) is 5.91 Å². The Labute approximate surface area is 169 Å². The second kappa shape index (κ2) is 9.05. The van der Waals surface area contributed by atoms with Crippen molar-refractivity contribution in [2.45, 2.75) is 57.1 Å². The topological polar surface area (TPSA) is 77.6 Å². The summed E-state index contributed by atoms with van der Waals surface area (Å²) >= 11 is 1.41. The molecule has 2 heterocycles. The number of rotatable bonds is 8. The monoisotopic (exact) mass is 398 g/mol. The van der Waals surface area contributed by atoms with E-state index >= 15 is 0 Å². The van der Waals surface area contributed by atoms with E-state index in [1.165, 1.54) is 11.8 Å². The molecule has 0 saturated heterocycles. The van der Waals surface area contributed by atoms with Crippen molar-refractivity contribution in [1.29, 1.82) is 0 Å². The van der Waals surface area contributed by atoms with Crippen LogP contribution in [-0.4, -0.2) is 35.7 Å². The summed E-state index contributed by atoms with van der Waals surface area (Å²) in [6.07, 6.45) is 2.65. The average molecular weight is 399 g/mol. The smallest absolute Gasteiger partial charge is 0.238 e. The standard InChI is InChI=1S/C20H26N6OS/c1-5-14(3)26-17(12-13-21-26)22-19(27)15(4)28-20-24-23-18(25(20)6-2)16-10-8-7-9-11-16/h7-15H,5-6H2,1-4H3,(H,22,27)/t14-,15-/m0/s1. The minimum atomic E-state index is -0.321. The Bertz CT molecular complexity index is 920. The molecule has 148 valence electrons. The second-order valence-corrected chi connectivity index (χ2v) is 7.89. The average Bonchev–Trinajstić information content (AvgIpc) is 3.34. The molecule has 1 amide bonds. The molecule has 1 N–H and O–H groups in total. The predicted octanol–water partition coefficient (Wildman–Crippen LogP) is 4.25. The molecule has 0 unspecified atom stereocenters. The maximum Gasteiger partial charge on any atom is 0.238 e. The number of aromatic nitrogens is 5. The number of nitrogens with one attached hydrogen (secondary N) is 1. The largest absolute Gasteiger partial charge is 0.310 e. The van der Waals surface area contributed by atoms with E-state index in [1.54, 1.807) is 6.20 Å². The number of thioether (sulfide) groups is 1. The minimum Gasteiger partial charge on any atom is -0.310 e. The fourth-order valence-electron chi connectivity index (χ4n) is 2.84. The van der Waals surface area contributed by atoms with E-state index < -0.39 is 0 Å². The summed E-state index contributed by atoms with van der Waals surface area (Å²) in [6.45, 7) is 8.83. The normalized spacial score (nSPS) is 13.3. The van der Waals surface area contributed by atoms with Crippen LogP contribution in [0.1, 0.15) is 40.2 Å². The van der Waals surface area contributed by atoms with Crippen molar-refractivity contribution in [3.05, 3.63) is 42.6 Å².